The number of hydrogen-bond acceptors (Lipinski definition) is 4. The highest BCUT2D eigenvalue weighted by molar-refractivity contribution is 5.92. The van der Waals surface area contributed by atoms with Crippen molar-refractivity contribution in [1.82, 2.24) is 14.9 Å². The SMILES string of the molecule is O=C(Nc1ncccn1)C1CCN(C(=O)C=C(C2CC2)C2CC2)CC1. The van der Waals surface area contributed by atoms with Crippen LogP contribution >= 0.6 is 0 Å². The summed E-state index contributed by atoms with van der Waals surface area (Å²) in [6.45, 7) is 1.29. The average molecular weight is 340 g/mol. The Morgan fingerprint density at radius 1 is 0.960 bits per heavy atom. The first kappa shape index (κ1) is 16.2. The molecule has 4 rings (SSSR count). The zero-order valence-electron chi connectivity index (χ0n) is 14.4. The summed E-state index contributed by atoms with van der Waals surface area (Å²) in [6.07, 6.45) is 11.5. The van der Waals surface area contributed by atoms with Gasteiger partial charge >= 0.3 is 0 Å². The van der Waals surface area contributed by atoms with Gasteiger partial charge in [-0.1, -0.05) is 5.57 Å². The number of rotatable bonds is 5. The first-order valence-electron chi connectivity index (χ1n) is 9.29. The van der Waals surface area contributed by atoms with Crippen LogP contribution in [0.15, 0.2) is 30.1 Å². The second kappa shape index (κ2) is 6.94. The maximum atomic E-state index is 12.6. The highest BCUT2D eigenvalue weighted by Gasteiger charge is 2.37. The summed E-state index contributed by atoms with van der Waals surface area (Å²) in [4.78, 5) is 34.8. The predicted octanol–water partition coefficient (Wildman–Crippen LogP) is 2.40. The first-order chi connectivity index (χ1) is 12.2. The van der Waals surface area contributed by atoms with Gasteiger partial charge in [-0.05, 0) is 56.4 Å². The van der Waals surface area contributed by atoms with Crippen molar-refractivity contribution in [2.45, 2.75) is 38.5 Å². The van der Waals surface area contributed by atoms with Crippen molar-refractivity contribution in [3.8, 4) is 0 Å². The van der Waals surface area contributed by atoms with Gasteiger partial charge in [0.05, 0.1) is 0 Å². The lowest BCUT2D eigenvalue weighted by Gasteiger charge is -2.30. The molecule has 1 aromatic heterocycles. The second-order valence-corrected chi connectivity index (χ2v) is 7.35. The summed E-state index contributed by atoms with van der Waals surface area (Å²) in [7, 11) is 0. The molecule has 0 atom stereocenters. The van der Waals surface area contributed by atoms with E-state index in [2.05, 4.69) is 15.3 Å². The largest absolute Gasteiger partial charge is 0.339 e. The fourth-order valence-corrected chi connectivity index (χ4v) is 3.57. The summed E-state index contributed by atoms with van der Waals surface area (Å²) in [5.41, 5.74) is 1.39. The van der Waals surface area contributed by atoms with Crippen LogP contribution in [-0.2, 0) is 9.59 Å². The molecule has 25 heavy (non-hydrogen) atoms. The van der Waals surface area contributed by atoms with Gasteiger partial charge in [-0.3, -0.25) is 14.9 Å². The van der Waals surface area contributed by atoms with Gasteiger partial charge in [0, 0.05) is 37.5 Å². The van der Waals surface area contributed by atoms with Crippen LogP contribution in [-0.4, -0.2) is 39.8 Å². The summed E-state index contributed by atoms with van der Waals surface area (Å²) < 4.78 is 0. The number of amides is 2. The van der Waals surface area contributed by atoms with E-state index in [4.69, 9.17) is 0 Å². The Kier molecular flexibility index (Phi) is 4.51. The van der Waals surface area contributed by atoms with Crippen LogP contribution in [0.5, 0.6) is 0 Å². The number of aromatic nitrogens is 2. The molecule has 0 aromatic carbocycles. The number of nitrogens with zero attached hydrogens (tertiary/aromatic N) is 3. The van der Waals surface area contributed by atoms with Crippen molar-refractivity contribution in [1.29, 1.82) is 0 Å². The molecule has 0 radical (unpaired) electrons. The molecule has 6 heteroatoms. The maximum absolute atomic E-state index is 12.6. The Hall–Kier alpha value is -2.24. The van der Waals surface area contributed by atoms with Crippen LogP contribution in [0.25, 0.3) is 0 Å². The Morgan fingerprint density at radius 3 is 2.12 bits per heavy atom. The second-order valence-electron chi connectivity index (χ2n) is 7.35. The molecule has 2 heterocycles. The minimum Gasteiger partial charge on any atom is -0.339 e. The lowest BCUT2D eigenvalue weighted by molar-refractivity contribution is -0.130. The molecule has 6 nitrogen and oxygen atoms in total. The zero-order valence-corrected chi connectivity index (χ0v) is 14.4. The molecule has 132 valence electrons. The standard InChI is InChI=1S/C19H24N4O2/c24-17(12-16(13-2-3-13)14-4-5-14)23-10-6-15(7-11-23)18(25)22-19-20-8-1-9-21-19/h1,8-9,12-15H,2-7,10-11H2,(H,20,21,22,25). The lowest BCUT2D eigenvalue weighted by Crippen LogP contribution is -2.41. The highest BCUT2D eigenvalue weighted by Crippen LogP contribution is 2.48. The van der Waals surface area contributed by atoms with Gasteiger partial charge < -0.3 is 4.90 Å². The highest BCUT2D eigenvalue weighted by atomic mass is 16.2. The zero-order chi connectivity index (χ0) is 17.2. The molecule has 1 aromatic rings. The summed E-state index contributed by atoms with van der Waals surface area (Å²) in [5, 5.41) is 2.76. The average Bonchev–Trinajstić information content (AvgIpc) is 3.54. The quantitative estimate of drug-likeness (QED) is 0.835. The van der Waals surface area contributed by atoms with Crippen molar-refractivity contribution in [3.63, 3.8) is 0 Å². The fraction of sp³-hybridized carbons (Fsp3) is 0.579. The summed E-state index contributed by atoms with van der Waals surface area (Å²) in [6, 6.07) is 1.71. The van der Waals surface area contributed by atoms with E-state index in [0.717, 1.165) is 0 Å². The van der Waals surface area contributed by atoms with Gasteiger partial charge in [0.15, 0.2) is 0 Å². The van der Waals surface area contributed by atoms with Crippen LogP contribution in [0.1, 0.15) is 38.5 Å². The molecule has 0 bridgehead atoms. The lowest BCUT2D eigenvalue weighted by atomic mass is 9.95. The number of carbonyl (C=O) groups is 2. The Balaban J connectivity index is 1.29. The smallest absolute Gasteiger partial charge is 0.246 e. The number of hydrogen-bond donors (Lipinski definition) is 1. The van der Waals surface area contributed by atoms with Crippen LogP contribution in [0, 0.1) is 17.8 Å². The number of likely N-dealkylation sites (tertiary alicyclic amines) is 1. The van der Waals surface area contributed by atoms with Crippen LogP contribution in [0.2, 0.25) is 0 Å². The number of allylic oxidation sites excluding steroid dienone is 1. The molecule has 1 saturated heterocycles. The van der Waals surface area contributed by atoms with E-state index in [1.165, 1.54) is 31.3 Å². The van der Waals surface area contributed by atoms with E-state index in [0.29, 0.717) is 43.7 Å². The monoisotopic (exact) mass is 340 g/mol. The van der Waals surface area contributed by atoms with Gasteiger partial charge in [0.2, 0.25) is 17.8 Å². The molecular formula is C19H24N4O2. The van der Waals surface area contributed by atoms with Crippen molar-refractivity contribution in [2.24, 2.45) is 17.8 Å². The van der Waals surface area contributed by atoms with Crippen molar-refractivity contribution >= 4 is 17.8 Å². The molecule has 2 saturated carbocycles. The van der Waals surface area contributed by atoms with E-state index in [-0.39, 0.29) is 17.7 Å². The van der Waals surface area contributed by atoms with Crippen molar-refractivity contribution in [3.05, 3.63) is 30.1 Å². The van der Waals surface area contributed by atoms with Crippen LogP contribution in [0.4, 0.5) is 5.95 Å². The third-order valence-electron chi connectivity index (χ3n) is 5.37. The van der Waals surface area contributed by atoms with Crippen molar-refractivity contribution < 1.29 is 9.59 Å². The minimum absolute atomic E-state index is 0.0505. The predicted molar refractivity (Wildman–Crippen MR) is 93.5 cm³/mol. The van der Waals surface area contributed by atoms with E-state index in [9.17, 15) is 9.59 Å². The van der Waals surface area contributed by atoms with Gasteiger partial charge in [0.1, 0.15) is 0 Å². The molecule has 2 aliphatic carbocycles. The fourth-order valence-electron chi connectivity index (χ4n) is 3.57. The van der Waals surface area contributed by atoms with Gasteiger partial charge in [-0.2, -0.15) is 0 Å². The molecule has 0 spiro atoms. The summed E-state index contributed by atoms with van der Waals surface area (Å²) in [5.74, 6) is 1.69. The normalized spacial score (nSPS) is 20.9. The molecule has 1 aliphatic heterocycles. The van der Waals surface area contributed by atoms with Crippen LogP contribution < -0.4 is 5.32 Å². The third kappa shape index (κ3) is 4.06. The third-order valence-corrected chi connectivity index (χ3v) is 5.37. The van der Waals surface area contributed by atoms with Crippen molar-refractivity contribution in [2.75, 3.05) is 18.4 Å². The van der Waals surface area contributed by atoms with Crippen LogP contribution in [0.3, 0.4) is 0 Å². The Morgan fingerprint density at radius 2 is 1.56 bits per heavy atom. The van der Waals surface area contributed by atoms with E-state index in [1.807, 2.05) is 11.0 Å². The topological polar surface area (TPSA) is 75.2 Å². The molecule has 2 amide bonds. The van der Waals surface area contributed by atoms with Gasteiger partial charge in [-0.15, -0.1) is 0 Å². The number of anilines is 1. The first-order valence-corrected chi connectivity index (χ1v) is 9.29. The number of piperidine rings is 1. The van der Waals surface area contributed by atoms with Gasteiger partial charge in [-0.25, -0.2) is 9.97 Å². The molecule has 3 fully saturated rings. The molecular weight excluding hydrogens is 316 g/mol. The van der Waals surface area contributed by atoms with Gasteiger partial charge in [0.25, 0.3) is 0 Å². The van der Waals surface area contributed by atoms with E-state index >= 15 is 0 Å². The van der Waals surface area contributed by atoms with E-state index < -0.39 is 0 Å². The Labute approximate surface area is 147 Å². The van der Waals surface area contributed by atoms with E-state index in [1.54, 1.807) is 18.5 Å². The summed E-state index contributed by atoms with van der Waals surface area (Å²) >= 11 is 0. The molecule has 0 unspecified atom stereocenters. The number of nitrogens with one attached hydrogen (secondary N) is 1. The molecule has 3 aliphatic rings. The maximum Gasteiger partial charge on any atom is 0.246 e. The number of carbonyl (C=O) groups excluding carboxylic acids is 2. The molecule has 1 N–H and O–H groups in total. The Bertz CT molecular complexity index is 658. The minimum atomic E-state index is -0.0804.